The number of piperazine rings is 1. The monoisotopic (exact) mass is 578 g/mol. The maximum Gasteiger partial charge on any atom is 0.278 e. The Balaban J connectivity index is 1.68. The van der Waals surface area contributed by atoms with Gasteiger partial charge in [-0.2, -0.15) is 12.2 Å². The second-order valence-corrected chi connectivity index (χ2v) is 12.8. The molecule has 1 aliphatic heterocycles. The van der Waals surface area contributed by atoms with E-state index in [1.54, 1.807) is 42.5 Å². The second-order valence-electron chi connectivity index (χ2n) is 8.75. The van der Waals surface area contributed by atoms with E-state index in [1.807, 2.05) is 0 Å². The van der Waals surface area contributed by atoms with Gasteiger partial charge in [0.2, 0.25) is 0 Å². The van der Waals surface area contributed by atoms with Crippen molar-refractivity contribution in [3.63, 3.8) is 0 Å². The van der Waals surface area contributed by atoms with Gasteiger partial charge in [-0.05, 0) is 61.0 Å². The van der Waals surface area contributed by atoms with Crippen molar-refractivity contribution in [3.05, 3.63) is 72.8 Å². The minimum absolute atomic E-state index is 0.0201. The van der Waals surface area contributed by atoms with E-state index in [-0.39, 0.29) is 21.2 Å². The van der Waals surface area contributed by atoms with Gasteiger partial charge in [0.1, 0.15) is 5.75 Å². The van der Waals surface area contributed by atoms with E-state index in [0.717, 1.165) is 44.7 Å². The van der Waals surface area contributed by atoms with Crippen molar-refractivity contribution >= 4 is 48.9 Å². The van der Waals surface area contributed by atoms with E-state index in [9.17, 15) is 16.8 Å². The lowest BCUT2D eigenvalue weighted by Gasteiger charge is -2.30. The van der Waals surface area contributed by atoms with Crippen molar-refractivity contribution in [2.75, 3.05) is 46.2 Å². The van der Waals surface area contributed by atoms with Gasteiger partial charge in [-0.25, -0.2) is 8.42 Å². The minimum Gasteiger partial charge on any atom is -0.494 e. The van der Waals surface area contributed by atoms with E-state index in [0.29, 0.717) is 16.2 Å². The lowest BCUT2D eigenvalue weighted by atomic mass is 10.2. The van der Waals surface area contributed by atoms with E-state index >= 15 is 0 Å². The second kappa shape index (κ2) is 12.2. The molecule has 2 N–H and O–H groups in total. The van der Waals surface area contributed by atoms with Crippen LogP contribution in [0.2, 0.25) is 0 Å². The lowest BCUT2D eigenvalue weighted by molar-refractivity contribution is 0.309. The van der Waals surface area contributed by atoms with E-state index < -0.39 is 20.0 Å². The molecule has 12 heteroatoms. The molecule has 9 nitrogen and oxygen atoms in total. The van der Waals surface area contributed by atoms with Crippen molar-refractivity contribution in [3.8, 4) is 5.75 Å². The molecule has 0 unspecified atom stereocenters. The number of nitrogens with zero attached hydrogens (tertiary/aromatic N) is 2. The van der Waals surface area contributed by atoms with Gasteiger partial charge < -0.3 is 15.0 Å². The van der Waals surface area contributed by atoms with Gasteiger partial charge in [-0.1, -0.05) is 31.5 Å². The topological polar surface area (TPSA) is 108 Å². The Morgan fingerprint density at radius 2 is 1.63 bits per heavy atom. The molecule has 4 rings (SSSR count). The number of unbranched alkanes of at least 4 members (excludes halogenated alkanes) is 1. The molecule has 1 saturated heterocycles. The Labute approximate surface area is 229 Å². The first-order valence-electron chi connectivity index (χ1n) is 12.3. The fourth-order valence-corrected chi connectivity index (χ4v) is 6.50. The molecule has 1 heterocycles. The number of halogens is 1. The van der Waals surface area contributed by atoms with Gasteiger partial charge in [0, 0.05) is 43.6 Å². The Kier molecular flexibility index (Phi) is 9.03. The van der Waals surface area contributed by atoms with E-state index in [1.165, 1.54) is 30.3 Å². The predicted octanol–water partition coefficient (Wildman–Crippen LogP) is 4.43. The molecule has 0 atom stereocenters. The number of hydrogen-bond donors (Lipinski definition) is 2. The summed E-state index contributed by atoms with van der Waals surface area (Å²) in [5, 5.41) is 3.27. The summed E-state index contributed by atoms with van der Waals surface area (Å²) in [4.78, 5) is 2.07. The van der Waals surface area contributed by atoms with Gasteiger partial charge in [0.15, 0.2) is 0 Å². The summed E-state index contributed by atoms with van der Waals surface area (Å²) < 4.78 is 61.9. The van der Waals surface area contributed by atoms with Crippen LogP contribution in [0.5, 0.6) is 5.75 Å². The molecule has 1 fully saturated rings. The normalized spacial score (nSPS) is 14.2. The van der Waals surface area contributed by atoms with Crippen LogP contribution in [0.1, 0.15) is 19.8 Å². The third kappa shape index (κ3) is 6.52. The Bertz CT molecular complexity index is 1430. The highest BCUT2D eigenvalue weighted by molar-refractivity contribution is 7.94. The molecule has 0 saturated carbocycles. The molecular formula is C26H31ClN4O5S2. The van der Waals surface area contributed by atoms with Crippen molar-refractivity contribution < 1.29 is 21.6 Å². The zero-order chi connectivity index (χ0) is 27.2. The Hall–Kier alpha value is -2.99. The van der Waals surface area contributed by atoms with Gasteiger partial charge in [-0.3, -0.25) is 4.72 Å². The molecular weight excluding hydrogens is 548 g/mol. The van der Waals surface area contributed by atoms with Crippen molar-refractivity contribution in [2.24, 2.45) is 0 Å². The number of anilines is 3. The maximum absolute atomic E-state index is 13.4. The molecule has 3 aromatic rings. The highest BCUT2D eigenvalue weighted by Crippen LogP contribution is 2.37. The summed E-state index contributed by atoms with van der Waals surface area (Å²) in [6.07, 6.45) is 1.87. The summed E-state index contributed by atoms with van der Waals surface area (Å²) in [5.41, 5.74) is 0.772. The zero-order valence-electron chi connectivity index (χ0n) is 21.0. The van der Waals surface area contributed by atoms with Crippen LogP contribution in [0.15, 0.2) is 82.6 Å². The molecule has 0 bridgehead atoms. The van der Waals surface area contributed by atoms with Crippen LogP contribution in [0, 0.1) is 0 Å². The van der Waals surface area contributed by atoms with Gasteiger partial charge in [0.05, 0.1) is 27.8 Å². The summed E-state index contributed by atoms with van der Waals surface area (Å²) in [6.45, 7) is 5.59. The number of sulfonamides is 2. The first-order chi connectivity index (χ1) is 18.2. The van der Waals surface area contributed by atoms with Crippen LogP contribution in [-0.4, -0.2) is 49.6 Å². The first kappa shape index (κ1) is 28.0. The number of nitrogens with one attached hydrogen (secondary N) is 2. The highest BCUT2D eigenvalue weighted by atomic mass is 35.5. The van der Waals surface area contributed by atoms with Crippen molar-refractivity contribution in [1.29, 1.82) is 0 Å². The molecule has 204 valence electrons. The molecule has 0 aromatic heterocycles. The minimum atomic E-state index is -4.23. The average Bonchev–Trinajstić information content (AvgIpc) is 2.94. The SMILES string of the molecule is CCCCOc1ccc(S(=O)(=O)N(Cl)c2ccc(N3CCNCC3)cc2NS(=O)(=O)c2ccccc2)cc1. The third-order valence-electron chi connectivity index (χ3n) is 6.05. The standard InChI is InChI=1S/C26H31ClN4O5S2/c1-2-3-19-36-22-10-12-24(13-11-22)38(34,35)31(27)26-14-9-21(30-17-15-28-16-18-30)20-25(26)29-37(32,33)23-7-5-4-6-8-23/h4-14,20,28-29H,2-3,15-19H2,1H3. The third-order valence-corrected chi connectivity index (χ3v) is 9.64. The molecule has 0 spiro atoms. The van der Waals surface area contributed by atoms with Crippen LogP contribution in [0.25, 0.3) is 0 Å². The average molecular weight is 579 g/mol. The fourth-order valence-electron chi connectivity index (χ4n) is 3.95. The van der Waals surface area contributed by atoms with Crippen LogP contribution >= 0.6 is 11.8 Å². The van der Waals surface area contributed by atoms with Gasteiger partial charge >= 0.3 is 0 Å². The summed E-state index contributed by atoms with van der Waals surface area (Å²) >= 11 is 6.45. The molecule has 0 aliphatic carbocycles. The molecule has 0 amide bonds. The van der Waals surface area contributed by atoms with Gasteiger partial charge in [0.25, 0.3) is 20.0 Å². The lowest BCUT2D eigenvalue weighted by Crippen LogP contribution is -2.43. The van der Waals surface area contributed by atoms with Crippen LogP contribution in [-0.2, 0) is 20.0 Å². The number of ether oxygens (including phenoxy) is 1. The molecule has 3 aromatic carbocycles. The molecule has 0 radical (unpaired) electrons. The van der Waals surface area contributed by atoms with Crippen LogP contribution in [0.4, 0.5) is 17.1 Å². The fraction of sp³-hybridized carbons (Fsp3) is 0.308. The number of rotatable bonds is 11. The number of hydrogen-bond acceptors (Lipinski definition) is 7. The van der Waals surface area contributed by atoms with Crippen LogP contribution in [0.3, 0.4) is 0 Å². The van der Waals surface area contributed by atoms with E-state index in [2.05, 4.69) is 21.9 Å². The quantitative estimate of drug-likeness (QED) is 0.256. The van der Waals surface area contributed by atoms with Crippen molar-refractivity contribution in [1.82, 2.24) is 5.32 Å². The van der Waals surface area contributed by atoms with Gasteiger partial charge in [-0.15, -0.1) is 0 Å². The van der Waals surface area contributed by atoms with Crippen LogP contribution < -0.4 is 23.5 Å². The summed E-state index contributed by atoms with van der Waals surface area (Å²) in [5.74, 6) is 0.551. The number of benzene rings is 3. The highest BCUT2D eigenvalue weighted by Gasteiger charge is 2.28. The van der Waals surface area contributed by atoms with Crippen molar-refractivity contribution in [2.45, 2.75) is 29.6 Å². The Morgan fingerprint density at radius 3 is 2.29 bits per heavy atom. The Morgan fingerprint density at radius 1 is 0.947 bits per heavy atom. The summed E-state index contributed by atoms with van der Waals surface area (Å²) in [6, 6.07) is 18.7. The smallest absolute Gasteiger partial charge is 0.278 e. The zero-order valence-corrected chi connectivity index (χ0v) is 23.4. The molecule has 38 heavy (non-hydrogen) atoms. The largest absolute Gasteiger partial charge is 0.494 e. The summed E-state index contributed by atoms with van der Waals surface area (Å²) in [7, 11) is -8.25. The molecule has 1 aliphatic rings. The predicted molar refractivity (Wildman–Crippen MR) is 151 cm³/mol. The van der Waals surface area contributed by atoms with E-state index in [4.69, 9.17) is 16.5 Å². The maximum atomic E-state index is 13.4. The first-order valence-corrected chi connectivity index (χ1v) is 15.6.